The van der Waals surface area contributed by atoms with Crippen molar-refractivity contribution in [2.75, 3.05) is 4.72 Å². The van der Waals surface area contributed by atoms with Crippen molar-refractivity contribution in [1.29, 1.82) is 0 Å². The van der Waals surface area contributed by atoms with Crippen LogP contribution in [0, 0.1) is 19.7 Å². The molecule has 0 atom stereocenters. The molecule has 2 aromatic carbocycles. The van der Waals surface area contributed by atoms with Gasteiger partial charge in [-0.15, -0.1) is 0 Å². The van der Waals surface area contributed by atoms with Crippen LogP contribution < -0.4 is 4.72 Å². The summed E-state index contributed by atoms with van der Waals surface area (Å²) in [4.78, 5) is 11.0. The van der Waals surface area contributed by atoms with E-state index in [1.807, 2.05) is 0 Å². The molecule has 2 rings (SSSR count). The normalized spacial score (nSPS) is 11.3. The highest BCUT2D eigenvalue weighted by atomic mass is 79.9. The number of hydrogen-bond donors (Lipinski definition) is 2. The molecule has 0 heterocycles. The molecule has 0 aliphatic carbocycles. The number of carboxylic acid groups (broad SMARTS) is 1. The van der Waals surface area contributed by atoms with Gasteiger partial charge in [0.15, 0.2) is 0 Å². The van der Waals surface area contributed by atoms with E-state index in [4.69, 9.17) is 5.11 Å². The third-order valence-electron chi connectivity index (χ3n) is 3.21. The highest BCUT2D eigenvalue weighted by Gasteiger charge is 2.22. The molecule has 0 aliphatic heterocycles. The van der Waals surface area contributed by atoms with Gasteiger partial charge in [-0.25, -0.2) is 17.6 Å². The standard InChI is InChI=1S/C15H13BrFNO4S/c1-8-5-9(2)14(7-11(8)15(19)20)23(21,22)18-13-6-10(16)3-4-12(13)17/h3-7,18H,1-2H3,(H,19,20). The van der Waals surface area contributed by atoms with Gasteiger partial charge < -0.3 is 5.11 Å². The van der Waals surface area contributed by atoms with Crippen LogP contribution in [0.15, 0.2) is 39.7 Å². The van der Waals surface area contributed by atoms with Crippen molar-refractivity contribution < 1.29 is 22.7 Å². The first-order chi connectivity index (χ1) is 10.6. The van der Waals surface area contributed by atoms with E-state index in [0.29, 0.717) is 15.6 Å². The number of hydrogen-bond acceptors (Lipinski definition) is 3. The number of sulfonamides is 1. The fourth-order valence-electron chi connectivity index (χ4n) is 2.13. The minimum atomic E-state index is -4.13. The number of rotatable bonds is 4. The fourth-order valence-corrected chi connectivity index (χ4v) is 3.80. The van der Waals surface area contributed by atoms with E-state index >= 15 is 0 Å². The van der Waals surface area contributed by atoms with Gasteiger partial charge in [0.25, 0.3) is 10.0 Å². The first kappa shape index (κ1) is 17.4. The van der Waals surface area contributed by atoms with Crippen molar-refractivity contribution in [1.82, 2.24) is 0 Å². The van der Waals surface area contributed by atoms with E-state index in [0.717, 1.165) is 12.1 Å². The third kappa shape index (κ3) is 3.70. The smallest absolute Gasteiger partial charge is 0.335 e. The Morgan fingerprint density at radius 1 is 1.17 bits per heavy atom. The van der Waals surface area contributed by atoms with Crippen molar-refractivity contribution in [3.63, 3.8) is 0 Å². The Morgan fingerprint density at radius 3 is 2.43 bits per heavy atom. The van der Waals surface area contributed by atoms with Gasteiger partial charge in [0, 0.05) is 4.47 Å². The maximum Gasteiger partial charge on any atom is 0.335 e. The summed E-state index contributed by atoms with van der Waals surface area (Å²) in [6.07, 6.45) is 0. The number of carbonyl (C=O) groups is 1. The van der Waals surface area contributed by atoms with Crippen LogP contribution in [-0.4, -0.2) is 19.5 Å². The van der Waals surface area contributed by atoms with E-state index in [1.54, 1.807) is 13.8 Å². The summed E-state index contributed by atoms with van der Waals surface area (Å²) in [6, 6.07) is 6.38. The van der Waals surface area contributed by atoms with Gasteiger partial charge in [0.1, 0.15) is 5.82 Å². The zero-order chi connectivity index (χ0) is 17.4. The van der Waals surface area contributed by atoms with Gasteiger partial charge in [-0.05, 0) is 49.2 Å². The second-order valence-corrected chi connectivity index (χ2v) is 7.53. The fraction of sp³-hybridized carbons (Fsp3) is 0.133. The van der Waals surface area contributed by atoms with Crippen molar-refractivity contribution in [3.8, 4) is 0 Å². The monoisotopic (exact) mass is 401 g/mol. The molecule has 0 bridgehead atoms. The molecule has 0 unspecified atom stereocenters. The lowest BCUT2D eigenvalue weighted by Crippen LogP contribution is -2.16. The lowest BCUT2D eigenvalue weighted by molar-refractivity contribution is 0.0696. The van der Waals surface area contributed by atoms with Gasteiger partial charge in [0.05, 0.1) is 16.1 Å². The largest absolute Gasteiger partial charge is 0.478 e. The van der Waals surface area contributed by atoms with Crippen LogP contribution in [0.5, 0.6) is 0 Å². The molecule has 8 heteroatoms. The molecule has 122 valence electrons. The molecular formula is C15H13BrFNO4S. The molecule has 2 aromatic rings. The number of halogens is 2. The Labute approximate surface area is 141 Å². The Hall–Kier alpha value is -1.93. The summed E-state index contributed by atoms with van der Waals surface area (Å²) in [5.74, 6) is -1.97. The summed E-state index contributed by atoms with van der Waals surface area (Å²) in [7, 11) is -4.13. The minimum absolute atomic E-state index is 0.120. The van der Waals surface area contributed by atoms with Gasteiger partial charge in [-0.1, -0.05) is 22.0 Å². The van der Waals surface area contributed by atoms with Crippen molar-refractivity contribution in [2.24, 2.45) is 0 Å². The van der Waals surface area contributed by atoms with Crippen LogP contribution in [0.3, 0.4) is 0 Å². The summed E-state index contributed by atoms with van der Waals surface area (Å²) in [5.41, 5.74) is 0.472. The highest BCUT2D eigenvalue weighted by Crippen LogP contribution is 2.26. The molecule has 0 amide bonds. The van der Waals surface area contributed by atoms with E-state index in [1.165, 1.54) is 18.2 Å². The predicted octanol–water partition coefficient (Wildman–Crippen LogP) is 3.70. The number of aryl methyl sites for hydroxylation is 2. The Balaban J connectivity index is 2.54. The third-order valence-corrected chi connectivity index (χ3v) is 5.22. The summed E-state index contributed by atoms with van der Waals surface area (Å²) in [5, 5.41) is 9.14. The maximum atomic E-state index is 13.7. The van der Waals surface area contributed by atoms with Crippen molar-refractivity contribution in [2.45, 2.75) is 18.7 Å². The van der Waals surface area contributed by atoms with E-state index < -0.39 is 21.8 Å². The highest BCUT2D eigenvalue weighted by molar-refractivity contribution is 9.10. The van der Waals surface area contributed by atoms with Gasteiger partial charge in [0.2, 0.25) is 0 Å². The van der Waals surface area contributed by atoms with Crippen LogP contribution in [0.25, 0.3) is 0 Å². The second-order valence-electron chi connectivity index (χ2n) is 4.97. The molecule has 0 aromatic heterocycles. The number of anilines is 1. The summed E-state index contributed by atoms with van der Waals surface area (Å²) < 4.78 is 41.4. The molecular weight excluding hydrogens is 389 g/mol. The van der Waals surface area contributed by atoms with Crippen LogP contribution in [0.1, 0.15) is 21.5 Å². The Morgan fingerprint density at radius 2 is 1.83 bits per heavy atom. The SMILES string of the molecule is Cc1cc(C)c(S(=O)(=O)Nc2cc(Br)ccc2F)cc1C(=O)O. The topological polar surface area (TPSA) is 83.5 Å². The number of carboxylic acids is 1. The van der Waals surface area contributed by atoms with E-state index in [-0.39, 0.29) is 16.1 Å². The van der Waals surface area contributed by atoms with E-state index in [9.17, 15) is 17.6 Å². The molecule has 0 radical (unpaired) electrons. The number of benzene rings is 2. The van der Waals surface area contributed by atoms with Crippen LogP contribution >= 0.6 is 15.9 Å². The number of aromatic carboxylic acids is 1. The average Bonchev–Trinajstić information content (AvgIpc) is 2.41. The van der Waals surface area contributed by atoms with E-state index in [2.05, 4.69) is 20.7 Å². The van der Waals surface area contributed by atoms with Crippen LogP contribution in [0.2, 0.25) is 0 Å². The molecule has 23 heavy (non-hydrogen) atoms. The Kier molecular flexibility index (Phi) is 4.76. The predicted molar refractivity (Wildman–Crippen MR) is 87.8 cm³/mol. The number of nitrogens with one attached hydrogen (secondary N) is 1. The average molecular weight is 402 g/mol. The first-order valence-electron chi connectivity index (χ1n) is 6.44. The van der Waals surface area contributed by atoms with Gasteiger partial charge >= 0.3 is 5.97 Å². The quantitative estimate of drug-likeness (QED) is 0.817. The van der Waals surface area contributed by atoms with Gasteiger partial charge in [-0.2, -0.15) is 0 Å². The lowest BCUT2D eigenvalue weighted by Gasteiger charge is -2.13. The summed E-state index contributed by atoms with van der Waals surface area (Å²) >= 11 is 3.14. The zero-order valence-corrected chi connectivity index (χ0v) is 14.6. The molecule has 0 spiro atoms. The molecule has 0 aliphatic rings. The first-order valence-corrected chi connectivity index (χ1v) is 8.72. The van der Waals surface area contributed by atoms with Gasteiger partial charge in [-0.3, -0.25) is 4.72 Å². The van der Waals surface area contributed by atoms with Crippen LogP contribution in [0.4, 0.5) is 10.1 Å². The zero-order valence-electron chi connectivity index (χ0n) is 12.2. The molecule has 0 fully saturated rings. The molecule has 2 N–H and O–H groups in total. The minimum Gasteiger partial charge on any atom is -0.478 e. The summed E-state index contributed by atoms with van der Waals surface area (Å²) in [6.45, 7) is 3.12. The lowest BCUT2D eigenvalue weighted by atomic mass is 10.1. The van der Waals surface area contributed by atoms with Crippen molar-refractivity contribution in [3.05, 3.63) is 57.3 Å². The maximum absolute atomic E-state index is 13.7. The van der Waals surface area contributed by atoms with Crippen LogP contribution in [-0.2, 0) is 10.0 Å². The molecule has 0 saturated heterocycles. The Bertz CT molecular complexity index is 897. The molecule has 5 nitrogen and oxygen atoms in total. The molecule has 0 saturated carbocycles. The second kappa shape index (κ2) is 6.29. The van der Waals surface area contributed by atoms with Crippen molar-refractivity contribution >= 4 is 37.6 Å².